The SMILES string of the molecule is C=CCc1cc(C=NNc2nc(CC(=O)OCC)cs2)cc(OCC)c1OCCC. The van der Waals surface area contributed by atoms with Gasteiger partial charge in [0.2, 0.25) is 5.13 Å². The van der Waals surface area contributed by atoms with Crippen LogP contribution >= 0.6 is 11.3 Å². The molecule has 30 heavy (non-hydrogen) atoms. The number of ether oxygens (including phenoxy) is 3. The Morgan fingerprint density at radius 3 is 2.80 bits per heavy atom. The van der Waals surface area contributed by atoms with Gasteiger partial charge in [-0.1, -0.05) is 13.0 Å². The van der Waals surface area contributed by atoms with E-state index in [2.05, 4.69) is 29.0 Å². The van der Waals surface area contributed by atoms with Crippen molar-refractivity contribution in [3.8, 4) is 11.5 Å². The van der Waals surface area contributed by atoms with Gasteiger partial charge in [0, 0.05) is 10.9 Å². The minimum Gasteiger partial charge on any atom is -0.490 e. The Labute approximate surface area is 181 Å². The maximum absolute atomic E-state index is 11.5. The Bertz CT molecular complexity index is 864. The maximum atomic E-state index is 11.5. The van der Waals surface area contributed by atoms with Crippen LogP contribution in [0.5, 0.6) is 11.5 Å². The highest BCUT2D eigenvalue weighted by atomic mass is 32.1. The van der Waals surface area contributed by atoms with E-state index in [1.807, 2.05) is 30.5 Å². The second-order valence-corrected chi connectivity index (χ2v) is 7.14. The Kier molecular flexibility index (Phi) is 9.86. The number of hydrogen-bond donors (Lipinski definition) is 1. The lowest BCUT2D eigenvalue weighted by Gasteiger charge is -2.16. The fraction of sp³-hybridized carbons (Fsp3) is 0.409. The zero-order valence-corrected chi connectivity index (χ0v) is 18.6. The molecule has 0 fully saturated rings. The Morgan fingerprint density at radius 2 is 2.10 bits per heavy atom. The van der Waals surface area contributed by atoms with Crippen LogP contribution in [0.2, 0.25) is 0 Å². The van der Waals surface area contributed by atoms with Gasteiger partial charge in [0.25, 0.3) is 0 Å². The van der Waals surface area contributed by atoms with Gasteiger partial charge in [-0.2, -0.15) is 5.10 Å². The molecule has 0 saturated heterocycles. The van der Waals surface area contributed by atoms with Crippen molar-refractivity contribution in [1.82, 2.24) is 4.98 Å². The highest BCUT2D eigenvalue weighted by Crippen LogP contribution is 2.33. The van der Waals surface area contributed by atoms with E-state index in [1.54, 1.807) is 13.1 Å². The van der Waals surface area contributed by atoms with Crippen molar-refractivity contribution in [2.45, 2.75) is 40.0 Å². The molecule has 2 rings (SSSR count). The molecule has 0 atom stereocenters. The zero-order valence-electron chi connectivity index (χ0n) is 17.8. The van der Waals surface area contributed by atoms with Crippen LogP contribution in [0.15, 0.2) is 35.3 Å². The predicted octanol–water partition coefficient (Wildman–Crippen LogP) is 4.61. The summed E-state index contributed by atoms with van der Waals surface area (Å²) in [5, 5.41) is 6.68. The van der Waals surface area contributed by atoms with Crippen LogP contribution in [0.3, 0.4) is 0 Å². The highest BCUT2D eigenvalue weighted by Gasteiger charge is 2.13. The third kappa shape index (κ3) is 7.18. The standard InChI is InChI=1S/C22H29N3O4S/c1-5-9-17-11-16(12-19(27-7-3)21(17)29-10-6-2)14-23-25-22-24-18(15-30-22)13-20(26)28-8-4/h5,11-12,14-15H,1,6-10,13H2,2-4H3,(H,24,25). The number of benzene rings is 1. The fourth-order valence-corrected chi connectivity index (χ4v) is 3.32. The second-order valence-electron chi connectivity index (χ2n) is 6.28. The molecule has 0 aliphatic heterocycles. The first-order valence-electron chi connectivity index (χ1n) is 10.0. The molecule has 0 unspecified atom stereocenters. The molecule has 8 heteroatoms. The largest absolute Gasteiger partial charge is 0.490 e. The first-order chi connectivity index (χ1) is 14.6. The van der Waals surface area contributed by atoms with Crippen LogP contribution in [-0.2, 0) is 22.4 Å². The van der Waals surface area contributed by atoms with Gasteiger partial charge in [0.1, 0.15) is 0 Å². The minimum absolute atomic E-state index is 0.150. The van der Waals surface area contributed by atoms with E-state index in [4.69, 9.17) is 14.2 Å². The first-order valence-corrected chi connectivity index (χ1v) is 10.9. The molecule has 1 N–H and O–H groups in total. The number of hydrazone groups is 1. The molecular weight excluding hydrogens is 402 g/mol. The number of nitrogens with one attached hydrogen (secondary N) is 1. The number of rotatable bonds is 13. The summed E-state index contributed by atoms with van der Waals surface area (Å²) in [6.07, 6.45) is 5.27. The van der Waals surface area contributed by atoms with Gasteiger partial charge in [0.15, 0.2) is 11.5 Å². The van der Waals surface area contributed by atoms with Crippen LogP contribution in [0.25, 0.3) is 0 Å². The molecule has 7 nitrogen and oxygen atoms in total. The number of carbonyl (C=O) groups is 1. The monoisotopic (exact) mass is 431 g/mol. The van der Waals surface area contributed by atoms with Crippen LogP contribution in [0.4, 0.5) is 5.13 Å². The lowest BCUT2D eigenvalue weighted by Crippen LogP contribution is -2.07. The number of esters is 1. The molecule has 1 aromatic carbocycles. The fourth-order valence-electron chi connectivity index (χ4n) is 2.66. The molecule has 0 bridgehead atoms. The second kappa shape index (κ2) is 12.6. The van der Waals surface area contributed by atoms with E-state index in [1.165, 1.54) is 11.3 Å². The van der Waals surface area contributed by atoms with E-state index in [0.29, 0.717) is 42.8 Å². The summed E-state index contributed by atoms with van der Waals surface area (Å²) in [6, 6.07) is 3.91. The number of allylic oxidation sites excluding steroid dienone is 1. The molecular formula is C22H29N3O4S. The molecule has 1 aromatic heterocycles. The lowest BCUT2D eigenvalue weighted by molar-refractivity contribution is -0.142. The molecule has 162 valence electrons. The average molecular weight is 432 g/mol. The van der Waals surface area contributed by atoms with E-state index >= 15 is 0 Å². The van der Waals surface area contributed by atoms with E-state index in [-0.39, 0.29) is 12.4 Å². The van der Waals surface area contributed by atoms with Crippen molar-refractivity contribution in [2.24, 2.45) is 5.10 Å². The predicted molar refractivity (Wildman–Crippen MR) is 121 cm³/mol. The highest BCUT2D eigenvalue weighted by molar-refractivity contribution is 7.13. The number of thiazole rings is 1. The maximum Gasteiger partial charge on any atom is 0.311 e. The topological polar surface area (TPSA) is 82.0 Å². The quantitative estimate of drug-likeness (QED) is 0.216. The number of aromatic nitrogens is 1. The number of anilines is 1. The molecule has 0 aliphatic carbocycles. The zero-order chi connectivity index (χ0) is 21.8. The summed E-state index contributed by atoms with van der Waals surface area (Å²) in [7, 11) is 0. The van der Waals surface area contributed by atoms with Crippen LogP contribution in [0.1, 0.15) is 44.0 Å². The van der Waals surface area contributed by atoms with E-state index in [9.17, 15) is 4.79 Å². The summed E-state index contributed by atoms with van der Waals surface area (Å²) >= 11 is 1.38. The van der Waals surface area contributed by atoms with Crippen LogP contribution in [-0.4, -0.2) is 37.0 Å². The molecule has 0 amide bonds. The Hall–Kier alpha value is -2.87. The first kappa shape index (κ1) is 23.4. The smallest absolute Gasteiger partial charge is 0.311 e. The van der Waals surface area contributed by atoms with Gasteiger partial charge in [0.05, 0.1) is 38.1 Å². The molecule has 0 spiro atoms. The van der Waals surface area contributed by atoms with Crippen molar-refractivity contribution in [2.75, 3.05) is 25.2 Å². The number of hydrogen-bond acceptors (Lipinski definition) is 8. The summed E-state index contributed by atoms with van der Waals surface area (Å²) in [5.74, 6) is 1.16. The normalized spacial score (nSPS) is 10.8. The van der Waals surface area contributed by atoms with Crippen molar-refractivity contribution in [1.29, 1.82) is 0 Å². The molecule has 2 aromatic rings. The van der Waals surface area contributed by atoms with Crippen molar-refractivity contribution < 1.29 is 19.0 Å². The average Bonchev–Trinajstić information content (AvgIpc) is 3.15. The van der Waals surface area contributed by atoms with Gasteiger partial charge >= 0.3 is 5.97 Å². The van der Waals surface area contributed by atoms with E-state index in [0.717, 1.165) is 23.3 Å². The molecule has 0 saturated carbocycles. The van der Waals surface area contributed by atoms with Crippen molar-refractivity contribution in [3.05, 3.63) is 47.0 Å². The molecule has 0 radical (unpaired) electrons. The van der Waals surface area contributed by atoms with Crippen molar-refractivity contribution >= 4 is 28.7 Å². The van der Waals surface area contributed by atoms with Crippen LogP contribution in [0, 0.1) is 0 Å². The molecule has 0 aliphatic rings. The summed E-state index contributed by atoms with van der Waals surface area (Å²) in [6.45, 7) is 11.1. The Balaban J connectivity index is 2.13. The van der Waals surface area contributed by atoms with Gasteiger partial charge in [-0.15, -0.1) is 17.9 Å². The minimum atomic E-state index is -0.290. The van der Waals surface area contributed by atoms with Crippen molar-refractivity contribution in [3.63, 3.8) is 0 Å². The lowest BCUT2D eigenvalue weighted by atomic mass is 10.1. The summed E-state index contributed by atoms with van der Waals surface area (Å²) in [5.41, 5.74) is 5.42. The number of nitrogens with zero attached hydrogens (tertiary/aromatic N) is 2. The van der Waals surface area contributed by atoms with Gasteiger partial charge in [-0.3, -0.25) is 10.2 Å². The molecule has 1 heterocycles. The third-order valence-electron chi connectivity index (χ3n) is 3.83. The number of carbonyl (C=O) groups excluding carboxylic acids is 1. The van der Waals surface area contributed by atoms with Gasteiger partial charge in [-0.05, 0) is 44.4 Å². The van der Waals surface area contributed by atoms with Gasteiger partial charge in [-0.25, -0.2) is 4.98 Å². The third-order valence-corrected chi connectivity index (χ3v) is 4.62. The Morgan fingerprint density at radius 1 is 1.27 bits per heavy atom. The summed E-state index contributed by atoms with van der Waals surface area (Å²) < 4.78 is 16.7. The summed E-state index contributed by atoms with van der Waals surface area (Å²) in [4.78, 5) is 15.9. The van der Waals surface area contributed by atoms with Gasteiger partial charge < -0.3 is 14.2 Å². The van der Waals surface area contributed by atoms with E-state index < -0.39 is 0 Å². The van der Waals surface area contributed by atoms with Crippen LogP contribution < -0.4 is 14.9 Å².